The number of hydrogen-bond acceptors (Lipinski definition) is 3. The predicted octanol–water partition coefficient (Wildman–Crippen LogP) is 2.41. The molecular weight excluding hydrogens is 252 g/mol. The highest BCUT2D eigenvalue weighted by Gasteiger charge is 2.52. The van der Waals surface area contributed by atoms with E-state index in [1.54, 1.807) is 0 Å². The van der Waals surface area contributed by atoms with Crippen molar-refractivity contribution < 1.29 is 9.53 Å². The molecule has 0 heterocycles. The van der Waals surface area contributed by atoms with Crippen molar-refractivity contribution in [3.8, 4) is 0 Å². The summed E-state index contributed by atoms with van der Waals surface area (Å²) < 4.78 is 5.94. The van der Waals surface area contributed by atoms with Gasteiger partial charge in [0.15, 0.2) is 0 Å². The average molecular weight is 284 g/mol. The van der Waals surface area contributed by atoms with Crippen LogP contribution in [0.3, 0.4) is 0 Å². The number of carbonyl (C=O) groups excluding carboxylic acids is 1. The van der Waals surface area contributed by atoms with Crippen LogP contribution in [-0.4, -0.2) is 42.6 Å². The lowest BCUT2D eigenvalue weighted by atomic mass is 9.63. The maximum atomic E-state index is 12.4. The fourth-order valence-corrected chi connectivity index (χ4v) is 2.87. The summed E-state index contributed by atoms with van der Waals surface area (Å²) in [4.78, 5) is 14.3. The van der Waals surface area contributed by atoms with Crippen LogP contribution in [0.15, 0.2) is 0 Å². The SMILES string of the molecule is CCCCOC1CC(N(C)C(=O)C(C)C(C)N)C1(C)C. The van der Waals surface area contributed by atoms with Crippen molar-refractivity contribution in [1.29, 1.82) is 0 Å². The van der Waals surface area contributed by atoms with E-state index in [1.807, 2.05) is 25.8 Å². The Balaban J connectivity index is 2.55. The number of ether oxygens (including phenoxy) is 1. The molecule has 1 amide bonds. The Kier molecular flexibility index (Phi) is 6.02. The molecule has 0 aromatic heterocycles. The molecule has 0 aromatic rings. The fourth-order valence-electron chi connectivity index (χ4n) is 2.87. The maximum Gasteiger partial charge on any atom is 0.226 e. The average Bonchev–Trinajstić information content (AvgIpc) is 2.39. The lowest BCUT2D eigenvalue weighted by molar-refractivity contribution is -0.167. The fraction of sp³-hybridized carbons (Fsp3) is 0.938. The van der Waals surface area contributed by atoms with Crippen molar-refractivity contribution in [2.45, 2.75) is 72.1 Å². The zero-order valence-electron chi connectivity index (χ0n) is 14.0. The summed E-state index contributed by atoms with van der Waals surface area (Å²) in [6.45, 7) is 11.2. The molecule has 0 radical (unpaired) electrons. The third-order valence-corrected chi connectivity index (χ3v) is 4.94. The topological polar surface area (TPSA) is 55.6 Å². The van der Waals surface area contributed by atoms with E-state index in [2.05, 4.69) is 20.8 Å². The third kappa shape index (κ3) is 3.53. The summed E-state index contributed by atoms with van der Waals surface area (Å²) in [5, 5.41) is 0. The summed E-state index contributed by atoms with van der Waals surface area (Å²) in [5.74, 6) is 0.0148. The van der Waals surface area contributed by atoms with Crippen LogP contribution in [0, 0.1) is 11.3 Å². The second-order valence-corrected chi connectivity index (χ2v) is 6.88. The van der Waals surface area contributed by atoms with Gasteiger partial charge in [0.25, 0.3) is 0 Å². The van der Waals surface area contributed by atoms with Crippen molar-refractivity contribution in [3.05, 3.63) is 0 Å². The number of hydrogen-bond donors (Lipinski definition) is 1. The van der Waals surface area contributed by atoms with Gasteiger partial charge in [0.05, 0.1) is 12.0 Å². The molecule has 1 aliphatic rings. The Morgan fingerprint density at radius 3 is 2.50 bits per heavy atom. The van der Waals surface area contributed by atoms with Gasteiger partial charge in [-0.2, -0.15) is 0 Å². The van der Waals surface area contributed by atoms with E-state index in [9.17, 15) is 4.79 Å². The van der Waals surface area contributed by atoms with Gasteiger partial charge < -0.3 is 15.4 Å². The molecule has 1 aliphatic carbocycles. The van der Waals surface area contributed by atoms with Crippen LogP contribution in [0.4, 0.5) is 0 Å². The molecule has 4 atom stereocenters. The molecule has 4 heteroatoms. The first-order chi connectivity index (χ1) is 9.23. The van der Waals surface area contributed by atoms with E-state index in [4.69, 9.17) is 10.5 Å². The molecule has 0 aromatic carbocycles. The highest BCUT2D eigenvalue weighted by molar-refractivity contribution is 5.79. The molecular formula is C16H32N2O2. The van der Waals surface area contributed by atoms with Crippen LogP contribution in [0.2, 0.25) is 0 Å². The second-order valence-electron chi connectivity index (χ2n) is 6.88. The molecule has 20 heavy (non-hydrogen) atoms. The normalized spacial score (nSPS) is 27.6. The minimum Gasteiger partial charge on any atom is -0.378 e. The van der Waals surface area contributed by atoms with Gasteiger partial charge in [0.2, 0.25) is 5.91 Å². The molecule has 1 saturated carbocycles. The first-order valence-electron chi connectivity index (χ1n) is 7.87. The summed E-state index contributed by atoms with van der Waals surface area (Å²) >= 11 is 0. The van der Waals surface area contributed by atoms with Gasteiger partial charge in [0, 0.05) is 31.2 Å². The lowest BCUT2D eigenvalue weighted by Gasteiger charge is -2.55. The van der Waals surface area contributed by atoms with Gasteiger partial charge in [-0.05, 0) is 19.8 Å². The minimum atomic E-state index is -0.129. The maximum absolute atomic E-state index is 12.4. The smallest absolute Gasteiger partial charge is 0.226 e. The molecule has 0 spiro atoms. The second kappa shape index (κ2) is 6.90. The first-order valence-corrected chi connectivity index (χ1v) is 7.87. The number of unbranched alkanes of at least 4 members (excludes halogenated alkanes) is 1. The van der Waals surface area contributed by atoms with Crippen LogP contribution >= 0.6 is 0 Å². The first kappa shape index (κ1) is 17.4. The van der Waals surface area contributed by atoms with Crippen LogP contribution in [0.25, 0.3) is 0 Å². The van der Waals surface area contributed by atoms with Crippen LogP contribution in [0.5, 0.6) is 0 Å². The molecule has 118 valence electrons. The number of nitrogens with two attached hydrogens (primary N) is 1. The van der Waals surface area contributed by atoms with E-state index in [0.29, 0.717) is 0 Å². The van der Waals surface area contributed by atoms with E-state index >= 15 is 0 Å². The van der Waals surface area contributed by atoms with Crippen molar-refractivity contribution in [3.63, 3.8) is 0 Å². The molecule has 0 saturated heterocycles. The Bertz CT molecular complexity index is 328. The lowest BCUT2D eigenvalue weighted by Crippen LogP contribution is -2.63. The molecule has 2 N–H and O–H groups in total. The number of amides is 1. The third-order valence-electron chi connectivity index (χ3n) is 4.94. The Morgan fingerprint density at radius 1 is 1.45 bits per heavy atom. The predicted molar refractivity (Wildman–Crippen MR) is 82.4 cm³/mol. The van der Waals surface area contributed by atoms with E-state index < -0.39 is 0 Å². The van der Waals surface area contributed by atoms with Crippen LogP contribution < -0.4 is 5.73 Å². The Hall–Kier alpha value is -0.610. The monoisotopic (exact) mass is 284 g/mol. The van der Waals surface area contributed by atoms with Crippen LogP contribution in [0.1, 0.15) is 53.9 Å². The summed E-state index contributed by atoms with van der Waals surface area (Å²) in [7, 11) is 1.90. The van der Waals surface area contributed by atoms with Gasteiger partial charge in [0.1, 0.15) is 0 Å². The molecule has 4 nitrogen and oxygen atoms in total. The van der Waals surface area contributed by atoms with E-state index in [-0.39, 0.29) is 35.4 Å². The zero-order valence-corrected chi connectivity index (χ0v) is 14.0. The standard InChI is InChI=1S/C16H32N2O2/c1-7-8-9-20-14-10-13(16(14,4)5)18(6)15(19)11(2)12(3)17/h11-14H,7-10,17H2,1-6H3. The number of rotatable bonds is 7. The Labute approximate surface area is 124 Å². The van der Waals surface area contributed by atoms with Crippen molar-refractivity contribution in [1.82, 2.24) is 4.90 Å². The number of nitrogens with zero attached hydrogens (tertiary/aromatic N) is 1. The molecule has 0 bridgehead atoms. The van der Waals surface area contributed by atoms with Crippen molar-refractivity contribution in [2.24, 2.45) is 17.1 Å². The van der Waals surface area contributed by atoms with Gasteiger partial charge in [-0.1, -0.05) is 34.1 Å². The molecule has 4 unspecified atom stereocenters. The molecule has 1 rings (SSSR count). The highest BCUT2D eigenvalue weighted by Crippen LogP contribution is 2.45. The number of carbonyl (C=O) groups is 1. The van der Waals surface area contributed by atoms with E-state index in [1.165, 1.54) is 0 Å². The highest BCUT2D eigenvalue weighted by atomic mass is 16.5. The van der Waals surface area contributed by atoms with Gasteiger partial charge in [-0.15, -0.1) is 0 Å². The molecule has 1 fully saturated rings. The van der Waals surface area contributed by atoms with Crippen LogP contribution in [-0.2, 0) is 9.53 Å². The Morgan fingerprint density at radius 2 is 2.05 bits per heavy atom. The summed E-state index contributed by atoms with van der Waals surface area (Å²) in [6.07, 6.45) is 3.46. The largest absolute Gasteiger partial charge is 0.378 e. The van der Waals surface area contributed by atoms with Gasteiger partial charge in [-0.25, -0.2) is 0 Å². The van der Waals surface area contributed by atoms with Crippen molar-refractivity contribution in [2.75, 3.05) is 13.7 Å². The zero-order chi connectivity index (χ0) is 15.5. The van der Waals surface area contributed by atoms with Crippen molar-refractivity contribution >= 4 is 5.91 Å². The van der Waals surface area contributed by atoms with Gasteiger partial charge in [-0.3, -0.25) is 4.79 Å². The molecule has 0 aliphatic heterocycles. The minimum absolute atomic E-state index is 0.0235. The summed E-state index contributed by atoms with van der Waals surface area (Å²) in [6, 6.07) is 0.146. The summed E-state index contributed by atoms with van der Waals surface area (Å²) in [5.41, 5.74) is 5.86. The quantitative estimate of drug-likeness (QED) is 0.730. The van der Waals surface area contributed by atoms with Gasteiger partial charge >= 0.3 is 0 Å². The van der Waals surface area contributed by atoms with E-state index in [0.717, 1.165) is 25.9 Å².